The molecule has 0 unspecified atom stereocenters. The number of aryl methyl sites for hydroxylation is 1. The molecule has 0 N–H and O–H groups in total. The quantitative estimate of drug-likeness (QED) is 0.545. The van der Waals surface area contributed by atoms with Gasteiger partial charge in [0.05, 0.1) is 10.1 Å². The smallest absolute Gasteiger partial charge is 0.186 e. The SMILES string of the molecule is C=C[n+]1ccccc1CCCS(=O)(=O)[O-]. The summed E-state index contributed by atoms with van der Waals surface area (Å²) >= 11 is 0. The summed E-state index contributed by atoms with van der Waals surface area (Å²) in [5, 5.41) is 0. The molecule has 15 heavy (non-hydrogen) atoms. The second-order valence-corrected chi connectivity index (χ2v) is 4.67. The molecule has 0 fully saturated rings. The van der Waals surface area contributed by atoms with E-state index in [1.165, 1.54) is 0 Å². The molecule has 82 valence electrons. The molecule has 1 aromatic heterocycles. The predicted octanol–water partition coefficient (Wildman–Crippen LogP) is 0.552. The van der Waals surface area contributed by atoms with Gasteiger partial charge in [-0.05, 0) is 13.0 Å². The van der Waals surface area contributed by atoms with E-state index in [-0.39, 0.29) is 5.75 Å². The lowest BCUT2D eigenvalue weighted by molar-refractivity contribution is -0.577. The van der Waals surface area contributed by atoms with E-state index >= 15 is 0 Å². The van der Waals surface area contributed by atoms with Crippen molar-refractivity contribution in [2.75, 3.05) is 5.75 Å². The van der Waals surface area contributed by atoms with Crippen molar-refractivity contribution in [3.05, 3.63) is 36.7 Å². The summed E-state index contributed by atoms with van der Waals surface area (Å²) in [6.07, 6.45) is 4.35. The Kier molecular flexibility index (Phi) is 3.99. The van der Waals surface area contributed by atoms with Gasteiger partial charge in [0.25, 0.3) is 0 Å². The third-order valence-corrected chi connectivity index (χ3v) is 2.79. The molecule has 0 spiro atoms. The van der Waals surface area contributed by atoms with Crippen molar-refractivity contribution in [3.8, 4) is 0 Å². The van der Waals surface area contributed by atoms with Gasteiger partial charge in [0.2, 0.25) is 0 Å². The van der Waals surface area contributed by atoms with Crippen molar-refractivity contribution in [1.82, 2.24) is 0 Å². The number of rotatable bonds is 5. The second kappa shape index (κ2) is 5.04. The summed E-state index contributed by atoms with van der Waals surface area (Å²) < 4.78 is 33.0. The molecule has 1 heterocycles. The minimum Gasteiger partial charge on any atom is -0.748 e. The van der Waals surface area contributed by atoms with E-state index in [9.17, 15) is 13.0 Å². The molecule has 0 atom stereocenters. The molecule has 1 rings (SSSR count). The summed E-state index contributed by atoms with van der Waals surface area (Å²) in [6.45, 7) is 3.63. The van der Waals surface area contributed by atoms with Crippen LogP contribution >= 0.6 is 0 Å². The van der Waals surface area contributed by atoms with Crippen molar-refractivity contribution in [1.29, 1.82) is 0 Å². The van der Waals surface area contributed by atoms with Gasteiger partial charge in [0, 0.05) is 24.3 Å². The maximum Gasteiger partial charge on any atom is 0.186 e. The lowest BCUT2D eigenvalue weighted by Crippen LogP contribution is -2.30. The number of pyridine rings is 1. The maximum absolute atomic E-state index is 10.4. The first-order valence-corrected chi connectivity index (χ1v) is 6.16. The molecule has 0 radical (unpaired) electrons. The van der Waals surface area contributed by atoms with Crippen LogP contribution in [0.3, 0.4) is 0 Å². The Hall–Kier alpha value is -1.20. The highest BCUT2D eigenvalue weighted by molar-refractivity contribution is 7.85. The van der Waals surface area contributed by atoms with Gasteiger partial charge < -0.3 is 4.55 Å². The van der Waals surface area contributed by atoms with E-state index < -0.39 is 10.1 Å². The summed E-state index contributed by atoms with van der Waals surface area (Å²) in [4.78, 5) is 0. The number of nitrogens with zero attached hydrogens (tertiary/aromatic N) is 1. The standard InChI is InChI=1S/C10H13NO3S/c1-2-11-8-4-3-6-10(11)7-5-9-15(12,13)14/h2-4,6,8H,1,5,7,9H2. The first-order chi connectivity index (χ1) is 7.03. The van der Waals surface area contributed by atoms with Crippen LogP contribution in [0.5, 0.6) is 0 Å². The van der Waals surface area contributed by atoms with Crippen LogP contribution in [0.15, 0.2) is 31.0 Å². The molecule has 5 heteroatoms. The molecular weight excluding hydrogens is 214 g/mol. The molecule has 0 aliphatic carbocycles. The zero-order valence-corrected chi connectivity index (χ0v) is 9.11. The Morgan fingerprint density at radius 1 is 1.47 bits per heavy atom. The van der Waals surface area contributed by atoms with Crippen LogP contribution in [0.25, 0.3) is 6.20 Å². The Morgan fingerprint density at radius 3 is 2.80 bits per heavy atom. The highest BCUT2D eigenvalue weighted by Crippen LogP contribution is 1.99. The maximum atomic E-state index is 10.4. The zero-order valence-electron chi connectivity index (χ0n) is 8.30. The average molecular weight is 227 g/mol. The molecular formula is C10H13NO3S. The number of aromatic nitrogens is 1. The largest absolute Gasteiger partial charge is 0.748 e. The predicted molar refractivity (Wildman–Crippen MR) is 55.9 cm³/mol. The Bertz CT molecular complexity index is 440. The number of hydrogen-bond acceptors (Lipinski definition) is 3. The van der Waals surface area contributed by atoms with Crippen LogP contribution in [0, 0.1) is 0 Å². The minimum absolute atomic E-state index is 0.320. The van der Waals surface area contributed by atoms with Gasteiger partial charge in [-0.2, -0.15) is 4.57 Å². The third kappa shape index (κ3) is 4.22. The van der Waals surface area contributed by atoms with E-state index in [1.807, 2.05) is 24.4 Å². The van der Waals surface area contributed by atoms with E-state index in [4.69, 9.17) is 0 Å². The van der Waals surface area contributed by atoms with E-state index in [2.05, 4.69) is 6.58 Å². The lowest BCUT2D eigenvalue weighted by Gasteiger charge is -2.05. The third-order valence-electron chi connectivity index (χ3n) is 2.00. The van der Waals surface area contributed by atoms with Crippen LogP contribution in [0.1, 0.15) is 12.1 Å². The Balaban J connectivity index is 2.61. The van der Waals surface area contributed by atoms with Crippen molar-refractivity contribution in [2.24, 2.45) is 0 Å². The van der Waals surface area contributed by atoms with Crippen LogP contribution < -0.4 is 4.57 Å². The van der Waals surface area contributed by atoms with Gasteiger partial charge in [0.1, 0.15) is 0 Å². The zero-order chi connectivity index (χ0) is 11.3. The molecule has 0 amide bonds. The van der Waals surface area contributed by atoms with E-state index in [0.29, 0.717) is 12.8 Å². The van der Waals surface area contributed by atoms with Crippen molar-refractivity contribution >= 4 is 16.3 Å². The second-order valence-electron chi connectivity index (χ2n) is 3.15. The molecule has 0 aliphatic rings. The lowest BCUT2D eigenvalue weighted by atomic mass is 10.2. The number of hydrogen-bond donors (Lipinski definition) is 0. The van der Waals surface area contributed by atoms with Gasteiger partial charge in [0.15, 0.2) is 18.1 Å². The summed E-state index contributed by atoms with van der Waals surface area (Å²) in [5.74, 6) is -0.320. The Morgan fingerprint density at radius 2 is 2.20 bits per heavy atom. The molecule has 0 saturated carbocycles. The molecule has 4 nitrogen and oxygen atoms in total. The summed E-state index contributed by atoms with van der Waals surface area (Å²) in [6, 6.07) is 5.59. The van der Waals surface area contributed by atoms with Crippen molar-refractivity contribution < 1.29 is 17.5 Å². The monoisotopic (exact) mass is 227 g/mol. The first kappa shape index (κ1) is 11.9. The van der Waals surface area contributed by atoms with Crippen LogP contribution in [-0.4, -0.2) is 18.7 Å². The molecule has 0 aromatic carbocycles. The van der Waals surface area contributed by atoms with Crippen LogP contribution in [-0.2, 0) is 16.5 Å². The highest BCUT2D eigenvalue weighted by atomic mass is 32.2. The van der Waals surface area contributed by atoms with Crippen molar-refractivity contribution in [3.63, 3.8) is 0 Å². The van der Waals surface area contributed by atoms with Crippen LogP contribution in [0.2, 0.25) is 0 Å². The highest BCUT2D eigenvalue weighted by Gasteiger charge is 2.06. The van der Waals surface area contributed by atoms with Gasteiger partial charge in [-0.1, -0.05) is 6.07 Å². The fourth-order valence-corrected chi connectivity index (χ4v) is 1.81. The summed E-state index contributed by atoms with van der Waals surface area (Å²) in [5.41, 5.74) is 0.941. The topological polar surface area (TPSA) is 61.1 Å². The van der Waals surface area contributed by atoms with Crippen molar-refractivity contribution in [2.45, 2.75) is 12.8 Å². The van der Waals surface area contributed by atoms with Gasteiger partial charge in [-0.25, -0.2) is 8.42 Å². The molecule has 0 bridgehead atoms. The molecule has 1 aromatic rings. The van der Waals surface area contributed by atoms with E-state index in [0.717, 1.165) is 5.69 Å². The fourth-order valence-electron chi connectivity index (χ4n) is 1.31. The molecule has 0 aliphatic heterocycles. The van der Waals surface area contributed by atoms with Gasteiger partial charge >= 0.3 is 0 Å². The van der Waals surface area contributed by atoms with Crippen LogP contribution in [0.4, 0.5) is 0 Å². The summed E-state index contributed by atoms with van der Waals surface area (Å²) in [7, 11) is -4.10. The fraction of sp³-hybridized carbons (Fsp3) is 0.300. The van der Waals surface area contributed by atoms with Gasteiger partial charge in [-0.15, -0.1) is 0 Å². The van der Waals surface area contributed by atoms with Gasteiger partial charge in [-0.3, -0.25) is 0 Å². The average Bonchev–Trinajstić information content (AvgIpc) is 2.16. The minimum atomic E-state index is -4.10. The van der Waals surface area contributed by atoms with E-state index in [1.54, 1.807) is 10.8 Å². The normalized spacial score (nSPS) is 11.3. The first-order valence-electron chi connectivity index (χ1n) is 4.58. The molecule has 0 saturated heterocycles. The Labute approximate surface area is 89.6 Å².